The molecule has 1 aliphatic carbocycles. The van der Waals surface area contributed by atoms with Crippen molar-refractivity contribution in [3.05, 3.63) is 35.4 Å². The second kappa shape index (κ2) is 7.95. The Balaban J connectivity index is 1.80. The van der Waals surface area contributed by atoms with Crippen molar-refractivity contribution in [1.29, 1.82) is 0 Å². The fourth-order valence-corrected chi connectivity index (χ4v) is 3.66. The standard InChI is InChI=1S/C19H32N2/c1-15(2)21(16(3)4)13-12-20-14-18-10-7-9-17-8-5-6-11-19(17)18/h5-6,8,11,15-16,18,20H,7,9-10,12-14H2,1-4H3. The molecule has 0 saturated carbocycles. The number of fused-ring (bicyclic) bond motifs is 1. The topological polar surface area (TPSA) is 15.3 Å². The first-order valence-electron chi connectivity index (χ1n) is 8.64. The number of nitrogens with zero attached hydrogens (tertiary/aromatic N) is 1. The van der Waals surface area contributed by atoms with E-state index >= 15 is 0 Å². The van der Waals surface area contributed by atoms with Crippen molar-refractivity contribution in [2.45, 2.75) is 65.0 Å². The fraction of sp³-hybridized carbons (Fsp3) is 0.684. The van der Waals surface area contributed by atoms with Gasteiger partial charge in [-0.1, -0.05) is 24.3 Å². The van der Waals surface area contributed by atoms with Gasteiger partial charge in [-0.2, -0.15) is 0 Å². The van der Waals surface area contributed by atoms with Gasteiger partial charge in [0.05, 0.1) is 0 Å². The van der Waals surface area contributed by atoms with Gasteiger partial charge < -0.3 is 5.32 Å². The lowest BCUT2D eigenvalue weighted by Crippen LogP contribution is -2.42. The van der Waals surface area contributed by atoms with Gasteiger partial charge in [-0.25, -0.2) is 0 Å². The Morgan fingerprint density at radius 2 is 1.86 bits per heavy atom. The molecule has 0 radical (unpaired) electrons. The molecule has 21 heavy (non-hydrogen) atoms. The molecule has 0 aliphatic heterocycles. The Labute approximate surface area is 130 Å². The van der Waals surface area contributed by atoms with Gasteiger partial charge >= 0.3 is 0 Å². The number of benzene rings is 1. The second-order valence-electron chi connectivity index (χ2n) is 6.92. The van der Waals surface area contributed by atoms with Crippen LogP contribution < -0.4 is 5.32 Å². The van der Waals surface area contributed by atoms with Crippen LogP contribution in [0.2, 0.25) is 0 Å². The van der Waals surface area contributed by atoms with Gasteiger partial charge in [0.15, 0.2) is 0 Å². The molecule has 0 fully saturated rings. The molecule has 0 amide bonds. The second-order valence-corrected chi connectivity index (χ2v) is 6.92. The lowest BCUT2D eigenvalue weighted by Gasteiger charge is -2.31. The van der Waals surface area contributed by atoms with E-state index in [2.05, 4.69) is 62.2 Å². The van der Waals surface area contributed by atoms with Crippen LogP contribution >= 0.6 is 0 Å². The molecular weight excluding hydrogens is 256 g/mol. The molecule has 1 N–H and O–H groups in total. The van der Waals surface area contributed by atoms with Crippen LogP contribution in [-0.2, 0) is 6.42 Å². The molecule has 2 heteroatoms. The van der Waals surface area contributed by atoms with Crippen LogP contribution in [-0.4, -0.2) is 36.6 Å². The Morgan fingerprint density at radius 1 is 1.14 bits per heavy atom. The predicted molar refractivity (Wildman–Crippen MR) is 92.0 cm³/mol. The number of aryl methyl sites for hydroxylation is 1. The summed E-state index contributed by atoms with van der Waals surface area (Å²) in [4.78, 5) is 2.56. The number of hydrogen-bond donors (Lipinski definition) is 1. The number of nitrogens with one attached hydrogen (secondary N) is 1. The molecule has 0 spiro atoms. The lowest BCUT2D eigenvalue weighted by atomic mass is 9.83. The number of hydrogen-bond acceptors (Lipinski definition) is 2. The van der Waals surface area contributed by atoms with Crippen molar-refractivity contribution in [3.63, 3.8) is 0 Å². The Hall–Kier alpha value is -0.860. The van der Waals surface area contributed by atoms with Gasteiger partial charge in [0.2, 0.25) is 0 Å². The molecule has 1 aromatic carbocycles. The van der Waals surface area contributed by atoms with Gasteiger partial charge in [0, 0.05) is 31.7 Å². The molecule has 0 saturated heterocycles. The number of rotatable bonds is 7. The van der Waals surface area contributed by atoms with Crippen LogP contribution in [0.15, 0.2) is 24.3 Å². The zero-order chi connectivity index (χ0) is 15.2. The van der Waals surface area contributed by atoms with Crippen molar-refractivity contribution < 1.29 is 0 Å². The van der Waals surface area contributed by atoms with Crippen molar-refractivity contribution >= 4 is 0 Å². The molecule has 0 bridgehead atoms. The Bertz CT molecular complexity index is 417. The summed E-state index contributed by atoms with van der Waals surface area (Å²) in [5.74, 6) is 0.710. The molecule has 118 valence electrons. The van der Waals surface area contributed by atoms with Gasteiger partial charge in [0.25, 0.3) is 0 Å². The third-order valence-electron chi connectivity index (χ3n) is 4.76. The summed E-state index contributed by atoms with van der Waals surface area (Å²) in [5, 5.41) is 3.69. The van der Waals surface area contributed by atoms with E-state index in [4.69, 9.17) is 0 Å². The van der Waals surface area contributed by atoms with Gasteiger partial charge in [-0.15, -0.1) is 0 Å². The summed E-state index contributed by atoms with van der Waals surface area (Å²) < 4.78 is 0. The summed E-state index contributed by atoms with van der Waals surface area (Å²) in [6.45, 7) is 12.5. The van der Waals surface area contributed by atoms with Crippen molar-refractivity contribution in [2.24, 2.45) is 0 Å². The Kier molecular flexibility index (Phi) is 6.25. The highest BCUT2D eigenvalue weighted by Crippen LogP contribution is 2.30. The summed E-state index contributed by atoms with van der Waals surface area (Å²) in [5.41, 5.74) is 3.15. The van der Waals surface area contributed by atoms with E-state index in [0.29, 0.717) is 18.0 Å². The van der Waals surface area contributed by atoms with Gasteiger partial charge in [-0.3, -0.25) is 4.90 Å². The predicted octanol–water partition coefficient (Wildman–Crippen LogP) is 3.81. The first-order chi connectivity index (χ1) is 10.1. The maximum atomic E-state index is 3.69. The molecule has 0 heterocycles. The summed E-state index contributed by atoms with van der Waals surface area (Å²) in [6.07, 6.45) is 3.94. The van der Waals surface area contributed by atoms with Crippen LogP contribution in [0.3, 0.4) is 0 Å². The van der Waals surface area contributed by atoms with E-state index in [0.717, 1.165) is 19.6 Å². The average molecular weight is 288 g/mol. The average Bonchev–Trinajstić information content (AvgIpc) is 2.46. The smallest absolute Gasteiger partial charge is 0.0112 e. The van der Waals surface area contributed by atoms with E-state index in [1.165, 1.54) is 19.3 Å². The third-order valence-corrected chi connectivity index (χ3v) is 4.76. The molecule has 1 aromatic rings. The molecule has 2 rings (SSSR count). The van der Waals surface area contributed by atoms with E-state index in [9.17, 15) is 0 Å². The van der Waals surface area contributed by atoms with Crippen molar-refractivity contribution in [2.75, 3.05) is 19.6 Å². The van der Waals surface area contributed by atoms with E-state index in [1.54, 1.807) is 11.1 Å². The van der Waals surface area contributed by atoms with Crippen molar-refractivity contribution in [3.8, 4) is 0 Å². The van der Waals surface area contributed by atoms with Crippen LogP contribution in [0.25, 0.3) is 0 Å². The van der Waals surface area contributed by atoms with Crippen LogP contribution in [0.1, 0.15) is 57.6 Å². The summed E-state index contributed by atoms with van der Waals surface area (Å²) in [6, 6.07) is 10.3. The molecule has 1 atom stereocenters. The maximum absolute atomic E-state index is 3.69. The molecule has 1 unspecified atom stereocenters. The van der Waals surface area contributed by atoms with Gasteiger partial charge in [0.1, 0.15) is 0 Å². The minimum atomic E-state index is 0.627. The summed E-state index contributed by atoms with van der Waals surface area (Å²) >= 11 is 0. The zero-order valence-corrected chi connectivity index (χ0v) is 14.2. The van der Waals surface area contributed by atoms with Crippen molar-refractivity contribution in [1.82, 2.24) is 10.2 Å². The SMILES string of the molecule is CC(C)N(CCNCC1CCCc2ccccc21)C(C)C. The van der Waals surface area contributed by atoms with E-state index < -0.39 is 0 Å². The fourth-order valence-electron chi connectivity index (χ4n) is 3.66. The molecule has 1 aliphatic rings. The molecule has 2 nitrogen and oxygen atoms in total. The largest absolute Gasteiger partial charge is 0.315 e. The lowest BCUT2D eigenvalue weighted by molar-refractivity contribution is 0.175. The van der Waals surface area contributed by atoms with E-state index in [1.807, 2.05) is 0 Å². The third kappa shape index (κ3) is 4.55. The first-order valence-corrected chi connectivity index (χ1v) is 8.64. The normalized spacial score (nSPS) is 18.5. The van der Waals surface area contributed by atoms with E-state index in [-0.39, 0.29) is 0 Å². The summed E-state index contributed by atoms with van der Waals surface area (Å²) in [7, 11) is 0. The molecule has 0 aromatic heterocycles. The zero-order valence-electron chi connectivity index (χ0n) is 14.2. The van der Waals surface area contributed by atoms with Gasteiger partial charge in [-0.05, 0) is 64.0 Å². The minimum absolute atomic E-state index is 0.627. The van der Waals surface area contributed by atoms with Crippen LogP contribution in [0.5, 0.6) is 0 Å². The maximum Gasteiger partial charge on any atom is 0.0112 e. The monoisotopic (exact) mass is 288 g/mol. The quantitative estimate of drug-likeness (QED) is 0.767. The highest BCUT2D eigenvalue weighted by molar-refractivity contribution is 5.32. The Morgan fingerprint density at radius 3 is 2.57 bits per heavy atom. The highest BCUT2D eigenvalue weighted by atomic mass is 15.2. The molecular formula is C19H32N2. The van der Waals surface area contributed by atoms with Crippen LogP contribution in [0.4, 0.5) is 0 Å². The van der Waals surface area contributed by atoms with Crippen LogP contribution in [0, 0.1) is 0 Å². The first kappa shape index (κ1) is 16.5. The highest BCUT2D eigenvalue weighted by Gasteiger charge is 2.19. The minimum Gasteiger partial charge on any atom is -0.315 e.